The van der Waals surface area contributed by atoms with Gasteiger partial charge in [0.15, 0.2) is 0 Å². The molecule has 0 spiro atoms. The van der Waals surface area contributed by atoms with Crippen LogP contribution < -0.4 is 5.32 Å². The molecule has 0 saturated carbocycles. The Morgan fingerprint density at radius 3 is 2.60 bits per heavy atom. The molecular formula is C19H19NO5. The van der Waals surface area contributed by atoms with Gasteiger partial charge in [-0.2, -0.15) is 0 Å². The van der Waals surface area contributed by atoms with E-state index in [1.54, 1.807) is 18.2 Å². The highest BCUT2D eigenvalue weighted by Gasteiger charge is 2.08. The Labute approximate surface area is 145 Å². The van der Waals surface area contributed by atoms with Crippen LogP contribution in [0.3, 0.4) is 0 Å². The lowest BCUT2D eigenvalue weighted by Gasteiger charge is -2.06. The van der Waals surface area contributed by atoms with E-state index in [2.05, 4.69) is 5.32 Å². The van der Waals surface area contributed by atoms with Gasteiger partial charge in [-0.25, -0.2) is 9.59 Å². The van der Waals surface area contributed by atoms with E-state index in [1.165, 1.54) is 12.1 Å². The molecule has 0 saturated heterocycles. The summed E-state index contributed by atoms with van der Waals surface area (Å²) in [6.07, 6.45) is 3.59. The van der Waals surface area contributed by atoms with Gasteiger partial charge in [-0.3, -0.25) is 0 Å². The minimum absolute atomic E-state index is 0.148. The topological polar surface area (TPSA) is 95.9 Å². The van der Waals surface area contributed by atoms with Crippen molar-refractivity contribution in [2.75, 3.05) is 6.54 Å². The third-order valence-electron chi connectivity index (χ3n) is 3.35. The molecule has 25 heavy (non-hydrogen) atoms. The van der Waals surface area contributed by atoms with Crippen LogP contribution >= 0.6 is 0 Å². The maximum absolute atomic E-state index is 11.6. The lowest BCUT2D eigenvalue weighted by Crippen LogP contribution is -2.24. The number of benzene rings is 2. The number of carboxylic acids is 1. The fourth-order valence-corrected chi connectivity index (χ4v) is 2.08. The average molecular weight is 341 g/mol. The molecule has 0 aromatic heterocycles. The summed E-state index contributed by atoms with van der Waals surface area (Å²) >= 11 is 0. The number of carboxylic acid groups (broad SMARTS) is 1. The van der Waals surface area contributed by atoms with Crippen molar-refractivity contribution in [3.05, 3.63) is 71.3 Å². The van der Waals surface area contributed by atoms with Gasteiger partial charge in [0.1, 0.15) is 17.9 Å². The third-order valence-corrected chi connectivity index (χ3v) is 3.35. The Kier molecular flexibility index (Phi) is 6.59. The van der Waals surface area contributed by atoms with Crippen molar-refractivity contribution < 1.29 is 24.5 Å². The number of alkyl carbamates (subject to hydrolysis) is 1. The number of aromatic hydroxyl groups is 1. The molecule has 0 fully saturated rings. The molecule has 0 unspecified atom stereocenters. The second kappa shape index (κ2) is 9.12. The summed E-state index contributed by atoms with van der Waals surface area (Å²) < 4.78 is 5.08. The maximum Gasteiger partial charge on any atom is 0.407 e. The van der Waals surface area contributed by atoms with Crippen molar-refractivity contribution in [2.24, 2.45) is 0 Å². The quantitative estimate of drug-likeness (QED) is 0.671. The molecule has 3 N–H and O–H groups in total. The molecule has 130 valence electrons. The number of ether oxygens (including phenoxy) is 1. The van der Waals surface area contributed by atoms with Gasteiger partial charge in [0.05, 0.1) is 0 Å². The number of amides is 1. The maximum atomic E-state index is 11.6. The Morgan fingerprint density at radius 1 is 1.12 bits per heavy atom. The predicted octanol–water partition coefficient (Wildman–Crippen LogP) is 3.42. The molecule has 2 aromatic rings. The highest BCUT2D eigenvalue weighted by Crippen LogP contribution is 2.19. The van der Waals surface area contributed by atoms with Crippen LogP contribution in [-0.4, -0.2) is 28.8 Å². The fraction of sp³-hybridized carbons (Fsp3) is 0.158. The fourth-order valence-electron chi connectivity index (χ4n) is 2.08. The molecule has 0 atom stereocenters. The van der Waals surface area contributed by atoms with E-state index in [1.807, 2.05) is 30.3 Å². The summed E-state index contributed by atoms with van der Waals surface area (Å²) in [6.45, 7) is 0.613. The molecule has 6 heteroatoms. The Bertz CT molecular complexity index is 756. The van der Waals surface area contributed by atoms with E-state index < -0.39 is 12.1 Å². The summed E-state index contributed by atoms with van der Waals surface area (Å²) in [5.74, 6) is -1.46. The molecule has 0 aliphatic rings. The number of carbonyl (C=O) groups is 2. The van der Waals surface area contributed by atoms with Gasteiger partial charge < -0.3 is 20.3 Å². The zero-order valence-corrected chi connectivity index (χ0v) is 13.5. The van der Waals surface area contributed by atoms with E-state index >= 15 is 0 Å². The van der Waals surface area contributed by atoms with Gasteiger partial charge in [0.2, 0.25) is 0 Å². The molecule has 1 amide bonds. The Hall–Kier alpha value is -3.28. The highest BCUT2D eigenvalue weighted by molar-refractivity contribution is 5.91. The van der Waals surface area contributed by atoms with E-state index in [-0.39, 0.29) is 17.9 Å². The number of rotatable bonds is 7. The number of hydrogen-bond acceptors (Lipinski definition) is 4. The monoisotopic (exact) mass is 341 g/mol. The van der Waals surface area contributed by atoms with Crippen LogP contribution in [0.5, 0.6) is 5.75 Å². The zero-order chi connectivity index (χ0) is 18.1. The standard InChI is InChI=1S/C19H19NO5/c21-17-10-9-14(12-16(17)18(22)23)6-4-5-11-20-19(24)25-13-15-7-2-1-3-8-15/h1-4,6-10,12,21H,5,11,13H2,(H,20,24)(H,22,23). The van der Waals surface area contributed by atoms with Crippen molar-refractivity contribution in [3.63, 3.8) is 0 Å². The molecule has 0 heterocycles. The summed E-state index contributed by atoms with van der Waals surface area (Å²) in [5, 5.41) is 21.0. The normalized spacial score (nSPS) is 10.6. The third kappa shape index (κ3) is 6.02. The largest absolute Gasteiger partial charge is 0.507 e. The Balaban J connectivity index is 1.72. The number of nitrogens with one attached hydrogen (secondary N) is 1. The first kappa shape index (κ1) is 18.1. The molecular weight excluding hydrogens is 322 g/mol. The van der Waals surface area contributed by atoms with Crippen LogP contribution in [0.25, 0.3) is 6.08 Å². The zero-order valence-electron chi connectivity index (χ0n) is 13.5. The number of phenols is 1. The van der Waals surface area contributed by atoms with Crippen molar-refractivity contribution in [1.82, 2.24) is 5.32 Å². The lowest BCUT2D eigenvalue weighted by atomic mass is 10.1. The van der Waals surface area contributed by atoms with Crippen LogP contribution in [0.15, 0.2) is 54.6 Å². The first-order valence-corrected chi connectivity index (χ1v) is 7.73. The van der Waals surface area contributed by atoms with Gasteiger partial charge >= 0.3 is 12.1 Å². The van der Waals surface area contributed by atoms with Crippen LogP contribution in [0.1, 0.15) is 27.9 Å². The molecule has 2 aromatic carbocycles. The van der Waals surface area contributed by atoms with Crippen LogP contribution in [0, 0.1) is 0 Å². The molecule has 6 nitrogen and oxygen atoms in total. The minimum atomic E-state index is -1.18. The van der Waals surface area contributed by atoms with Crippen LogP contribution in [0.4, 0.5) is 4.79 Å². The SMILES string of the molecule is O=C(NCCC=Cc1ccc(O)c(C(=O)O)c1)OCc1ccccc1. The van der Waals surface area contributed by atoms with Crippen LogP contribution in [-0.2, 0) is 11.3 Å². The Morgan fingerprint density at radius 2 is 1.88 bits per heavy atom. The van der Waals surface area contributed by atoms with Crippen molar-refractivity contribution in [2.45, 2.75) is 13.0 Å². The summed E-state index contributed by atoms with van der Waals surface area (Å²) in [5.41, 5.74) is 1.42. The molecule has 0 bridgehead atoms. The summed E-state index contributed by atoms with van der Waals surface area (Å²) in [4.78, 5) is 22.5. The van der Waals surface area contributed by atoms with Crippen molar-refractivity contribution in [1.29, 1.82) is 0 Å². The van der Waals surface area contributed by atoms with Crippen LogP contribution in [0.2, 0.25) is 0 Å². The van der Waals surface area contributed by atoms with E-state index in [0.29, 0.717) is 18.5 Å². The first-order chi connectivity index (χ1) is 12.1. The predicted molar refractivity (Wildman–Crippen MR) is 93.3 cm³/mol. The van der Waals surface area contributed by atoms with E-state index in [0.717, 1.165) is 5.56 Å². The van der Waals surface area contributed by atoms with Gasteiger partial charge in [-0.05, 0) is 29.7 Å². The second-order valence-corrected chi connectivity index (χ2v) is 5.26. The summed E-state index contributed by atoms with van der Waals surface area (Å²) in [7, 11) is 0. The lowest BCUT2D eigenvalue weighted by molar-refractivity contribution is 0.0693. The van der Waals surface area contributed by atoms with E-state index in [9.17, 15) is 14.7 Å². The first-order valence-electron chi connectivity index (χ1n) is 7.73. The van der Waals surface area contributed by atoms with Crippen molar-refractivity contribution in [3.8, 4) is 5.75 Å². The molecule has 0 aliphatic carbocycles. The van der Waals surface area contributed by atoms with Gasteiger partial charge in [-0.1, -0.05) is 48.6 Å². The number of hydrogen-bond donors (Lipinski definition) is 3. The second-order valence-electron chi connectivity index (χ2n) is 5.26. The molecule has 0 radical (unpaired) electrons. The smallest absolute Gasteiger partial charge is 0.407 e. The number of carbonyl (C=O) groups excluding carboxylic acids is 1. The summed E-state index contributed by atoms with van der Waals surface area (Å²) in [6, 6.07) is 13.7. The van der Waals surface area contributed by atoms with Gasteiger partial charge in [0.25, 0.3) is 0 Å². The van der Waals surface area contributed by atoms with Gasteiger partial charge in [-0.15, -0.1) is 0 Å². The molecule has 0 aliphatic heterocycles. The molecule has 2 rings (SSSR count). The highest BCUT2D eigenvalue weighted by atomic mass is 16.5. The van der Waals surface area contributed by atoms with E-state index in [4.69, 9.17) is 9.84 Å². The van der Waals surface area contributed by atoms with Gasteiger partial charge in [0, 0.05) is 6.54 Å². The minimum Gasteiger partial charge on any atom is -0.507 e. The average Bonchev–Trinajstić information content (AvgIpc) is 2.61. The number of aromatic carboxylic acids is 1. The van der Waals surface area contributed by atoms with Crippen molar-refractivity contribution >= 4 is 18.1 Å².